The molecular formula is C48H31NS. The maximum atomic E-state index is 3.80. The summed E-state index contributed by atoms with van der Waals surface area (Å²) >= 11 is 1.88. The number of benzene rings is 8. The van der Waals surface area contributed by atoms with Crippen LogP contribution in [0.2, 0.25) is 0 Å². The summed E-state index contributed by atoms with van der Waals surface area (Å²) in [6, 6.07) is 66.2. The highest BCUT2D eigenvalue weighted by Gasteiger charge is 2.20. The molecule has 0 atom stereocenters. The van der Waals surface area contributed by atoms with Crippen LogP contribution in [0, 0.1) is 0 Å². The fraction of sp³-hybridized carbons (Fsp3) is 0. The minimum atomic E-state index is 1.17. The first-order valence-electron chi connectivity index (χ1n) is 17.1. The summed E-state index contributed by atoms with van der Waals surface area (Å²) in [5.74, 6) is 0. The smallest absolute Gasteiger partial charge is 0.0559 e. The second kappa shape index (κ2) is 11.7. The molecule has 10 rings (SSSR count). The molecule has 2 heteroatoms. The third kappa shape index (κ3) is 4.53. The van der Waals surface area contributed by atoms with Crippen molar-refractivity contribution in [3.63, 3.8) is 0 Å². The van der Waals surface area contributed by atoms with Crippen LogP contribution in [0.25, 0.3) is 97.6 Å². The fourth-order valence-electron chi connectivity index (χ4n) is 7.90. The number of nitrogens with one attached hydrogen (secondary N) is 1. The number of thiophene rings is 1. The lowest BCUT2D eigenvalue weighted by Gasteiger charge is -2.19. The highest BCUT2D eigenvalue weighted by molar-refractivity contribution is 7.26. The monoisotopic (exact) mass is 653 g/mol. The largest absolute Gasteiger partial charge is 0.354 e. The highest BCUT2D eigenvalue weighted by atomic mass is 32.1. The van der Waals surface area contributed by atoms with Gasteiger partial charge in [0.25, 0.3) is 0 Å². The van der Waals surface area contributed by atoms with Crippen LogP contribution in [0.15, 0.2) is 182 Å². The molecular weight excluding hydrogens is 623 g/mol. The standard InChI is InChI=1S/C48H31NS/c1-2-15-31(16-3-1)32-17-4-5-18-33(32)34-19-6-7-20-35(34)36-21-8-9-22-37(36)38-23-10-11-24-39(38)41-26-14-28-44-46(41)47-45(50-44)30-29-42-40-25-12-13-27-43(40)49-48(42)47/h1-30,49H. The van der Waals surface area contributed by atoms with Crippen molar-refractivity contribution in [1.29, 1.82) is 0 Å². The van der Waals surface area contributed by atoms with Gasteiger partial charge in [0.1, 0.15) is 0 Å². The maximum Gasteiger partial charge on any atom is 0.0559 e. The van der Waals surface area contributed by atoms with E-state index in [0.717, 1.165) is 0 Å². The van der Waals surface area contributed by atoms with E-state index in [-0.39, 0.29) is 0 Å². The van der Waals surface area contributed by atoms with E-state index in [1.807, 2.05) is 11.3 Å². The summed E-state index contributed by atoms with van der Waals surface area (Å²) in [4.78, 5) is 3.80. The number of hydrogen-bond acceptors (Lipinski definition) is 1. The Hall–Kier alpha value is -6.22. The van der Waals surface area contributed by atoms with Gasteiger partial charge in [-0.3, -0.25) is 0 Å². The van der Waals surface area contributed by atoms with Gasteiger partial charge in [0.2, 0.25) is 0 Å². The third-order valence-corrected chi connectivity index (χ3v) is 11.2. The minimum absolute atomic E-state index is 1.17. The summed E-state index contributed by atoms with van der Waals surface area (Å²) in [5, 5.41) is 5.16. The van der Waals surface area contributed by atoms with Gasteiger partial charge in [0, 0.05) is 36.5 Å². The van der Waals surface area contributed by atoms with Crippen molar-refractivity contribution in [2.45, 2.75) is 0 Å². The van der Waals surface area contributed by atoms with Crippen LogP contribution >= 0.6 is 11.3 Å². The first-order valence-corrected chi connectivity index (χ1v) is 17.9. The minimum Gasteiger partial charge on any atom is -0.354 e. The van der Waals surface area contributed by atoms with Crippen LogP contribution < -0.4 is 0 Å². The SMILES string of the molecule is c1ccc(-c2ccccc2-c2ccccc2-c2ccccc2-c2ccccc2-c2cccc3sc4ccc5c6ccccc6[nH]c5c4c23)cc1. The molecule has 2 heterocycles. The number of aromatic amines is 1. The Morgan fingerprint density at radius 1 is 0.300 bits per heavy atom. The highest BCUT2D eigenvalue weighted by Crippen LogP contribution is 2.48. The second-order valence-electron chi connectivity index (χ2n) is 12.9. The van der Waals surface area contributed by atoms with Crippen molar-refractivity contribution in [1.82, 2.24) is 4.98 Å². The number of rotatable bonds is 5. The van der Waals surface area contributed by atoms with Crippen molar-refractivity contribution in [3.8, 4) is 55.6 Å². The molecule has 0 saturated carbocycles. The Morgan fingerprint density at radius 2 is 0.760 bits per heavy atom. The van der Waals surface area contributed by atoms with E-state index in [2.05, 4.69) is 187 Å². The number of hydrogen-bond donors (Lipinski definition) is 1. The van der Waals surface area contributed by atoms with Gasteiger partial charge in [-0.05, 0) is 73.8 Å². The van der Waals surface area contributed by atoms with Crippen molar-refractivity contribution in [2.75, 3.05) is 0 Å². The Balaban J connectivity index is 1.20. The average molecular weight is 654 g/mol. The number of fused-ring (bicyclic) bond motifs is 7. The van der Waals surface area contributed by atoms with Gasteiger partial charge in [0.05, 0.1) is 5.52 Å². The Kier molecular flexibility index (Phi) is 6.75. The first kappa shape index (κ1) is 28.8. The lowest BCUT2D eigenvalue weighted by atomic mass is 9.84. The van der Waals surface area contributed by atoms with Crippen molar-refractivity contribution in [2.24, 2.45) is 0 Å². The lowest BCUT2D eigenvalue weighted by molar-refractivity contribution is 1.55. The quantitative estimate of drug-likeness (QED) is 0.190. The van der Waals surface area contributed by atoms with E-state index in [4.69, 9.17) is 0 Å². The van der Waals surface area contributed by atoms with Crippen LogP contribution in [0.3, 0.4) is 0 Å². The summed E-state index contributed by atoms with van der Waals surface area (Å²) < 4.78 is 2.60. The summed E-state index contributed by atoms with van der Waals surface area (Å²) in [7, 11) is 0. The predicted octanol–water partition coefficient (Wildman–Crippen LogP) is 14.0. The summed E-state index contributed by atoms with van der Waals surface area (Å²) in [6.45, 7) is 0. The lowest BCUT2D eigenvalue weighted by Crippen LogP contribution is -1.92. The van der Waals surface area contributed by atoms with E-state index < -0.39 is 0 Å². The van der Waals surface area contributed by atoms with Gasteiger partial charge >= 0.3 is 0 Å². The molecule has 0 unspecified atom stereocenters. The van der Waals surface area contributed by atoms with E-state index in [1.54, 1.807) is 0 Å². The molecule has 50 heavy (non-hydrogen) atoms. The van der Waals surface area contributed by atoms with Crippen LogP contribution in [0.5, 0.6) is 0 Å². The second-order valence-corrected chi connectivity index (χ2v) is 13.9. The van der Waals surface area contributed by atoms with E-state index in [1.165, 1.54) is 97.6 Å². The molecule has 2 aromatic heterocycles. The predicted molar refractivity (Wildman–Crippen MR) is 216 cm³/mol. The number of para-hydroxylation sites is 1. The molecule has 0 spiro atoms. The van der Waals surface area contributed by atoms with E-state index >= 15 is 0 Å². The van der Waals surface area contributed by atoms with Crippen LogP contribution in [-0.4, -0.2) is 4.98 Å². The molecule has 0 bridgehead atoms. The summed E-state index contributed by atoms with van der Waals surface area (Å²) in [5.41, 5.74) is 14.7. The molecule has 0 amide bonds. The molecule has 10 aromatic rings. The van der Waals surface area contributed by atoms with E-state index in [9.17, 15) is 0 Å². The molecule has 8 aromatic carbocycles. The van der Waals surface area contributed by atoms with Crippen LogP contribution in [-0.2, 0) is 0 Å². The summed E-state index contributed by atoms with van der Waals surface area (Å²) in [6.07, 6.45) is 0. The zero-order valence-electron chi connectivity index (χ0n) is 27.2. The molecule has 0 aliphatic heterocycles. The molecule has 0 aliphatic carbocycles. The van der Waals surface area contributed by atoms with Gasteiger partial charge < -0.3 is 4.98 Å². The molecule has 1 N–H and O–H groups in total. The molecule has 0 radical (unpaired) electrons. The van der Waals surface area contributed by atoms with E-state index in [0.29, 0.717) is 0 Å². The van der Waals surface area contributed by atoms with Gasteiger partial charge in [-0.25, -0.2) is 0 Å². The molecule has 0 aliphatic rings. The van der Waals surface area contributed by atoms with Gasteiger partial charge in [-0.2, -0.15) is 0 Å². The van der Waals surface area contributed by atoms with Crippen LogP contribution in [0.1, 0.15) is 0 Å². The first-order chi connectivity index (χ1) is 24.8. The van der Waals surface area contributed by atoms with Crippen LogP contribution in [0.4, 0.5) is 0 Å². The molecule has 0 fully saturated rings. The topological polar surface area (TPSA) is 15.8 Å². The maximum absolute atomic E-state index is 3.80. The molecule has 234 valence electrons. The zero-order valence-corrected chi connectivity index (χ0v) is 28.0. The van der Waals surface area contributed by atoms with Crippen molar-refractivity contribution < 1.29 is 0 Å². The van der Waals surface area contributed by atoms with Crippen molar-refractivity contribution >= 4 is 53.3 Å². The molecule has 1 nitrogen and oxygen atoms in total. The average Bonchev–Trinajstić information content (AvgIpc) is 3.77. The number of H-pyrrole nitrogens is 1. The Labute approximate surface area is 294 Å². The Morgan fingerprint density at radius 3 is 1.38 bits per heavy atom. The van der Waals surface area contributed by atoms with Gasteiger partial charge in [0.15, 0.2) is 0 Å². The Bertz CT molecular complexity index is 2870. The zero-order chi connectivity index (χ0) is 33.0. The van der Waals surface area contributed by atoms with Gasteiger partial charge in [-0.15, -0.1) is 11.3 Å². The normalized spacial score (nSPS) is 11.6. The van der Waals surface area contributed by atoms with Crippen molar-refractivity contribution in [3.05, 3.63) is 182 Å². The molecule has 0 saturated heterocycles. The number of aromatic nitrogens is 1. The fourth-order valence-corrected chi connectivity index (χ4v) is 9.04. The third-order valence-electron chi connectivity index (χ3n) is 10.1. The van der Waals surface area contributed by atoms with Gasteiger partial charge in [-0.1, -0.05) is 164 Å².